The number of nitrogens with one attached hydrogen (secondary N) is 2. The van der Waals surface area contributed by atoms with Crippen LogP contribution >= 0.6 is 0 Å². The summed E-state index contributed by atoms with van der Waals surface area (Å²) in [4.78, 5) is 13.2. The molecule has 4 aliphatic carbocycles. The van der Waals surface area contributed by atoms with Crippen molar-refractivity contribution in [3.8, 4) is 0 Å². The second kappa shape index (κ2) is 7.57. The van der Waals surface area contributed by atoms with E-state index in [0.29, 0.717) is 24.4 Å². The number of anilines is 1. The van der Waals surface area contributed by atoms with Crippen LogP contribution in [0.3, 0.4) is 0 Å². The molecule has 0 radical (unpaired) electrons. The number of carbonyl (C=O) groups excluding carboxylic acids is 1. The molecule has 1 amide bonds. The molecule has 0 saturated heterocycles. The first-order valence-corrected chi connectivity index (χ1v) is 13.5. The minimum Gasteiger partial charge on any atom is -0.353 e. The number of benzene rings is 1. The first kappa shape index (κ1) is 21.9. The summed E-state index contributed by atoms with van der Waals surface area (Å²) >= 11 is 0. The monoisotopic (exact) mass is 457 g/mol. The fraction of sp³-hybridized carbons (Fsp3) is 0.680. The van der Waals surface area contributed by atoms with E-state index in [4.69, 9.17) is 0 Å². The number of rotatable bonds is 6. The van der Waals surface area contributed by atoms with Crippen LogP contribution in [0, 0.1) is 28.6 Å². The van der Waals surface area contributed by atoms with Gasteiger partial charge in [-0.3, -0.25) is 4.79 Å². The van der Waals surface area contributed by atoms with Crippen LogP contribution in [-0.2, 0) is 14.8 Å². The van der Waals surface area contributed by atoms with Crippen LogP contribution in [0.4, 0.5) is 5.69 Å². The molecule has 1 aliphatic heterocycles. The van der Waals surface area contributed by atoms with E-state index in [0.717, 1.165) is 17.8 Å². The Morgan fingerprint density at radius 2 is 1.75 bits per heavy atom. The van der Waals surface area contributed by atoms with Crippen molar-refractivity contribution in [2.45, 2.75) is 83.1 Å². The molecule has 5 aliphatic rings. The van der Waals surface area contributed by atoms with Gasteiger partial charge in [-0.15, -0.1) is 4.40 Å². The van der Waals surface area contributed by atoms with Gasteiger partial charge in [-0.05, 0) is 86.2 Å². The Kier molecular flexibility index (Phi) is 5.19. The van der Waals surface area contributed by atoms with Gasteiger partial charge >= 0.3 is 0 Å². The van der Waals surface area contributed by atoms with Crippen LogP contribution in [0.25, 0.3) is 0 Å². The molecular formula is C25H35N3O3S. The first-order valence-electron chi connectivity index (χ1n) is 12.0. The largest absolute Gasteiger partial charge is 0.353 e. The van der Waals surface area contributed by atoms with Crippen LogP contribution < -0.4 is 10.6 Å². The van der Waals surface area contributed by atoms with E-state index in [9.17, 15) is 13.2 Å². The summed E-state index contributed by atoms with van der Waals surface area (Å²) in [5, 5.41) is 6.50. The van der Waals surface area contributed by atoms with Crippen LogP contribution in [0.5, 0.6) is 0 Å². The zero-order valence-corrected chi connectivity index (χ0v) is 20.2. The van der Waals surface area contributed by atoms with Crippen LogP contribution in [0.15, 0.2) is 33.6 Å². The molecule has 2 N–H and O–H groups in total. The zero-order valence-electron chi connectivity index (χ0n) is 19.4. The van der Waals surface area contributed by atoms with Crippen molar-refractivity contribution < 1.29 is 13.2 Å². The number of hydrogen-bond donors (Lipinski definition) is 2. The summed E-state index contributed by atoms with van der Waals surface area (Å²) < 4.78 is 29.1. The van der Waals surface area contributed by atoms with Gasteiger partial charge in [-0.1, -0.05) is 26.0 Å². The Morgan fingerprint density at radius 1 is 1.16 bits per heavy atom. The number of hydrogen-bond acceptors (Lipinski definition) is 4. The predicted octanol–water partition coefficient (Wildman–Crippen LogP) is 4.73. The maximum absolute atomic E-state index is 13.0. The highest BCUT2D eigenvalue weighted by Gasteiger charge is 2.53. The Balaban J connectivity index is 1.22. The van der Waals surface area contributed by atoms with Gasteiger partial charge < -0.3 is 10.6 Å². The normalized spacial score (nSPS) is 33.1. The molecule has 4 saturated carbocycles. The van der Waals surface area contributed by atoms with Gasteiger partial charge in [0, 0.05) is 18.9 Å². The number of amides is 1. The highest BCUT2D eigenvalue weighted by atomic mass is 32.2. The van der Waals surface area contributed by atoms with E-state index < -0.39 is 15.4 Å². The second-order valence-electron chi connectivity index (χ2n) is 11.7. The molecule has 0 aromatic heterocycles. The average Bonchev–Trinajstić information content (AvgIpc) is 2.65. The van der Waals surface area contributed by atoms with Crippen LogP contribution in [0.1, 0.15) is 72.1 Å². The van der Waals surface area contributed by atoms with E-state index in [1.54, 1.807) is 24.3 Å². The topological polar surface area (TPSA) is 87.6 Å². The molecule has 4 bridgehead atoms. The third-order valence-electron chi connectivity index (χ3n) is 8.34. The molecule has 6 nitrogen and oxygen atoms in total. The molecule has 1 aromatic rings. The highest BCUT2D eigenvalue weighted by Crippen LogP contribution is 2.61. The number of sulfonamides is 1. The molecule has 4 fully saturated rings. The SMILES string of the molecule is C[C@@H](NC(=O)CC(C)(C)CC1=NS(=O)(=O)c2ccccc2N1)C12CC3CC(CC(C3)C1)C2. The van der Waals surface area contributed by atoms with Gasteiger partial charge in [-0.2, -0.15) is 8.42 Å². The summed E-state index contributed by atoms with van der Waals surface area (Å²) in [6, 6.07) is 6.99. The van der Waals surface area contributed by atoms with Gasteiger partial charge in [0.05, 0.1) is 5.69 Å². The maximum Gasteiger partial charge on any atom is 0.286 e. The summed E-state index contributed by atoms with van der Waals surface area (Å²) in [5.41, 5.74) is 0.411. The molecule has 0 unspecified atom stereocenters. The maximum atomic E-state index is 13.0. The standard InChI is InChI=1S/C25H35N3O3S/c1-16(25-11-17-8-18(12-25)10-19(9-17)13-25)26-23(29)15-24(2,3)14-22-27-20-6-4-5-7-21(20)32(30,31)28-22/h4-7,16-19H,8-15H2,1-3H3,(H,26,29)(H,27,28)/t16-,17?,18?,19?,25?/m1/s1. The third-order valence-corrected chi connectivity index (χ3v) is 9.71. The molecule has 1 heterocycles. The lowest BCUT2D eigenvalue weighted by molar-refractivity contribution is -0.127. The first-order chi connectivity index (χ1) is 15.0. The molecule has 174 valence electrons. The van der Waals surface area contributed by atoms with Crippen molar-refractivity contribution >= 4 is 27.5 Å². The van der Waals surface area contributed by atoms with E-state index in [-0.39, 0.29) is 22.3 Å². The Hall–Kier alpha value is -1.89. The quantitative estimate of drug-likeness (QED) is 0.647. The van der Waals surface area contributed by atoms with Gasteiger partial charge in [-0.25, -0.2) is 0 Å². The Morgan fingerprint density at radius 3 is 2.38 bits per heavy atom. The lowest BCUT2D eigenvalue weighted by Gasteiger charge is -2.59. The molecular weight excluding hydrogens is 422 g/mol. The van der Waals surface area contributed by atoms with Crippen molar-refractivity contribution in [3.63, 3.8) is 0 Å². The third kappa shape index (κ3) is 4.09. The molecule has 1 aromatic carbocycles. The fourth-order valence-electron chi connectivity index (χ4n) is 7.35. The molecule has 7 heteroatoms. The van der Waals surface area contributed by atoms with E-state index in [2.05, 4.69) is 22.0 Å². The van der Waals surface area contributed by atoms with Crippen LogP contribution in [-0.4, -0.2) is 26.2 Å². The molecule has 32 heavy (non-hydrogen) atoms. The number of carbonyl (C=O) groups is 1. The fourth-order valence-corrected chi connectivity index (χ4v) is 8.49. The Bertz CT molecular complexity index is 1020. The van der Waals surface area contributed by atoms with Crippen LogP contribution in [0.2, 0.25) is 0 Å². The number of para-hydroxylation sites is 1. The van der Waals surface area contributed by atoms with E-state index >= 15 is 0 Å². The van der Waals surface area contributed by atoms with E-state index in [1.165, 1.54) is 38.5 Å². The summed E-state index contributed by atoms with van der Waals surface area (Å²) in [7, 11) is -3.71. The number of nitrogens with zero attached hydrogens (tertiary/aromatic N) is 1. The molecule has 1 atom stereocenters. The van der Waals surface area contributed by atoms with Gasteiger partial charge in [0.25, 0.3) is 10.0 Å². The van der Waals surface area contributed by atoms with Crippen molar-refractivity contribution in [2.24, 2.45) is 33.0 Å². The minimum absolute atomic E-state index is 0.0536. The summed E-state index contributed by atoms with van der Waals surface area (Å²) in [6.07, 6.45) is 8.72. The van der Waals surface area contributed by atoms with Crippen molar-refractivity contribution in [3.05, 3.63) is 24.3 Å². The van der Waals surface area contributed by atoms with Crippen molar-refractivity contribution in [1.29, 1.82) is 0 Å². The van der Waals surface area contributed by atoms with Gasteiger partial charge in [0.15, 0.2) is 0 Å². The number of amidine groups is 1. The summed E-state index contributed by atoms with van der Waals surface area (Å²) in [5.74, 6) is 3.03. The smallest absolute Gasteiger partial charge is 0.286 e. The lowest BCUT2D eigenvalue weighted by atomic mass is 9.48. The molecule has 6 rings (SSSR count). The minimum atomic E-state index is -3.71. The van der Waals surface area contributed by atoms with Crippen molar-refractivity contribution in [2.75, 3.05) is 5.32 Å². The van der Waals surface area contributed by atoms with Gasteiger partial charge in [0.1, 0.15) is 10.7 Å². The zero-order chi connectivity index (χ0) is 22.7. The highest BCUT2D eigenvalue weighted by molar-refractivity contribution is 7.90. The lowest BCUT2D eigenvalue weighted by Crippen LogP contribution is -2.56. The summed E-state index contributed by atoms with van der Waals surface area (Å²) in [6.45, 7) is 6.20. The molecule has 0 spiro atoms. The predicted molar refractivity (Wildman–Crippen MR) is 126 cm³/mol. The van der Waals surface area contributed by atoms with Gasteiger partial charge in [0.2, 0.25) is 5.91 Å². The van der Waals surface area contributed by atoms with E-state index in [1.807, 2.05) is 13.8 Å². The Labute approximate surface area is 191 Å². The van der Waals surface area contributed by atoms with Crippen molar-refractivity contribution in [1.82, 2.24) is 5.32 Å². The average molecular weight is 458 g/mol. The second-order valence-corrected chi connectivity index (χ2v) is 13.3. The number of fused-ring (bicyclic) bond motifs is 1.